The quantitative estimate of drug-likeness (QED) is 0.911. The Labute approximate surface area is 104 Å². The predicted octanol–water partition coefficient (Wildman–Crippen LogP) is 2.57. The summed E-state index contributed by atoms with van der Waals surface area (Å²) in [5.41, 5.74) is 1.14. The summed E-state index contributed by atoms with van der Waals surface area (Å²) in [4.78, 5) is 15.9. The Balaban J connectivity index is 2.01. The maximum Gasteiger partial charge on any atom is 0.253 e. The van der Waals surface area contributed by atoms with E-state index in [2.05, 4.69) is 10.3 Å². The molecule has 0 atom stereocenters. The molecule has 4 nitrogen and oxygen atoms in total. The molecule has 5 heteroatoms. The fourth-order valence-electron chi connectivity index (χ4n) is 1.40. The van der Waals surface area contributed by atoms with E-state index < -0.39 is 0 Å². The lowest BCUT2D eigenvalue weighted by Crippen LogP contribution is -2.23. The van der Waals surface area contributed by atoms with Crippen LogP contribution in [0.2, 0.25) is 5.02 Å². The standard InChI is InChI=1S/C12H11ClN2O2/c1-8-15-9(7-17-8)6-14-12(16)10-4-2-3-5-11(10)13/h2-5,7H,6H2,1H3,(H,14,16). The van der Waals surface area contributed by atoms with Crippen molar-refractivity contribution in [2.45, 2.75) is 13.5 Å². The van der Waals surface area contributed by atoms with Crippen LogP contribution in [0.1, 0.15) is 21.9 Å². The Bertz CT molecular complexity index is 537. The molecule has 1 aromatic carbocycles. The summed E-state index contributed by atoms with van der Waals surface area (Å²) in [6.45, 7) is 2.07. The van der Waals surface area contributed by atoms with Gasteiger partial charge in [0.15, 0.2) is 5.89 Å². The molecular formula is C12H11ClN2O2. The summed E-state index contributed by atoms with van der Waals surface area (Å²) in [5.74, 6) is 0.350. The highest BCUT2D eigenvalue weighted by Gasteiger charge is 2.09. The molecule has 0 saturated heterocycles. The van der Waals surface area contributed by atoms with Crippen molar-refractivity contribution < 1.29 is 9.21 Å². The second-order valence-electron chi connectivity index (χ2n) is 3.52. The Morgan fingerprint density at radius 3 is 2.88 bits per heavy atom. The summed E-state index contributed by atoms with van der Waals surface area (Å²) < 4.78 is 5.04. The highest BCUT2D eigenvalue weighted by molar-refractivity contribution is 6.33. The Hall–Kier alpha value is -1.81. The minimum atomic E-state index is -0.226. The fourth-order valence-corrected chi connectivity index (χ4v) is 1.62. The maximum absolute atomic E-state index is 11.8. The van der Waals surface area contributed by atoms with Crippen LogP contribution in [0, 0.1) is 6.92 Å². The second-order valence-corrected chi connectivity index (χ2v) is 3.93. The van der Waals surface area contributed by atoms with Crippen LogP contribution in [0.3, 0.4) is 0 Å². The highest BCUT2D eigenvalue weighted by Crippen LogP contribution is 2.14. The Morgan fingerprint density at radius 2 is 2.24 bits per heavy atom. The first-order chi connectivity index (χ1) is 8.16. The SMILES string of the molecule is Cc1nc(CNC(=O)c2ccccc2Cl)co1. The van der Waals surface area contributed by atoms with E-state index in [1.807, 2.05) is 0 Å². The monoisotopic (exact) mass is 250 g/mol. The number of rotatable bonds is 3. The van der Waals surface area contributed by atoms with Crippen molar-refractivity contribution in [2.24, 2.45) is 0 Å². The molecule has 2 aromatic rings. The van der Waals surface area contributed by atoms with E-state index in [4.69, 9.17) is 16.0 Å². The number of hydrogen-bond donors (Lipinski definition) is 1. The van der Waals surface area contributed by atoms with Gasteiger partial charge in [-0.3, -0.25) is 4.79 Å². The van der Waals surface area contributed by atoms with Gasteiger partial charge in [-0.05, 0) is 12.1 Å². The first-order valence-electron chi connectivity index (χ1n) is 5.10. The predicted molar refractivity (Wildman–Crippen MR) is 63.9 cm³/mol. The van der Waals surface area contributed by atoms with Crippen molar-refractivity contribution in [2.75, 3.05) is 0 Å². The van der Waals surface area contributed by atoms with Crippen LogP contribution < -0.4 is 5.32 Å². The third-order valence-corrected chi connectivity index (χ3v) is 2.54. The van der Waals surface area contributed by atoms with Crippen LogP contribution in [0.4, 0.5) is 0 Å². The zero-order valence-electron chi connectivity index (χ0n) is 9.24. The number of aromatic nitrogens is 1. The Morgan fingerprint density at radius 1 is 1.47 bits per heavy atom. The summed E-state index contributed by atoms with van der Waals surface area (Å²) in [5, 5.41) is 3.16. The van der Waals surface area contributed by atoms with Gasteiger partial charge in [0, 0.05) is 6.92 Å². The molecule has 0 spiro atoms. The fraction of sp³-hybridized carbons (Fsp3) is 0.167. The van der Waals surface area contributed by atoms with Crippen molar-refractivity contribution in [3.63, 3.8) is 0 Å². The van der Waals surface area contributed by atoms with Gasteiger partial charge in [0.25, 0.3) is 5.91 Å². The lowest BCUT2D eigenvalue weighted by atomic mass is 10.2. The van der Waals surface area contributed by atoms with E-state index in [1.165, 1.54) is 6.26 Å². The van der Waals surface area contributed by atoms with Crippen LogP contribution in [-0.2, 0) is 6.54 Å². The van der Waals surface area contributed by atoms with Gasteiger partial charge in [-0.2, -0.15) is 0 Å². The zero-order valence-corrected chi connectivity index (χ0v) is 9.99. The average molecular weight is 251 g/mol. The molecule has 0 fully saturated rings. The number of amides is 1. The summed E-state index contributed by atoms with van der Waals surface area (Å²) in [7, 11) is 0. The maximum atomic E-state index is 11.8. The lowest BCUT2D eigenvalue weighted by molar-refractivity contribution is 0.0950. The topological polar surface area (TPSA) is 55.1 Å². The first-order valence-corrected chi connectivity index (χ1v) is 5.48. The number of nitrogens with zero attached hydrogens (tertiary/aromatic N) is 1. The van der Waals surface area contributed by atoms with Crippen LogP contribution >= 0.6 is 11.6 Å². The molecule has 0 bridgehead atoms. The summed E-state index contributed by atoms with van der Waals surface area (Å²) in [6.07, 6.45) is 1.52. The van der Waals surface area contributed by atoms with Gasteiger partial charge in [0.2, 0.25) is 0 Å². The van der Waals surface area contributed by atoms with Gasteiger partial charge in [-0.15, -0.1) is 0 Å². The van der Waals surface area contributed by atoms with E-state index in [-0.39, 0.29) is 5.91 Å². The second kappa shape index (κ2) is 5.01. The molecule has 1 aromatic heterocycles. The summed E-state index contributed by atoms with van der Waals surface area (Å²) in [6, 6.07) is 6.89. The lowest BCUT2D eigenvalue weighted by Gasteiger charge is -2.04. The molecule has 0 aliphatic heterocycles. The van der Waals surface area contributed by atoms with Crippen molar-refractivity contribution in [3.8, 4) is 0 Å². The molecule has 88 valence electrons. The van der Waals surface area contributed by atoms with Crippen molar-refractivity contribution in [3.05, 3.63) is 52.7 Å². The number of carbonyl (C=O) groups excluding carboxylic acids is 1. The van der Waals surface area contributed by atoms with Gasteiger partial charge < -0.3 is 9.73 Å². The van der Waals surface area contributed by atoms with Crippen LogP contribution in [0.25, 0.3) is 0 Å². The van der Waals surface area contributed by atoms with Gasteiger partial charge in [-0.25, -0.2) is 4.98 Å². The Kier molecular flexibility index (Phi) is 3.44. The van der Waals surface area contributed by atoms with Gasteiger partial charge in [0.1, 0.15) is 6.26 Å². The van der Waals surface area contributed by atoms with E-state index in [0.29, 0.717) is 28.7 Å². The molecule has 0 radical (unpaired) electrons. The number of hydrogen-bond acceptors (Lipinski definition) is 3. The molecule has 1 heterocycles. The highest BCUT2D eigenvalue weighted by atomic mass is 35.5. The smallest absolute Gasteiger partial charge is 0.253 e. The van der Waals surface area contributed by atoms with Crippen LogP contribution in [0.15, 0.2) is 34.9 Å². The van der Waals surface area contributed by atoms with Crippen LogP contribution in [-0.4, -0.2) is 10.9 Å². The minimum Gasteiger partial charge on any atom is -0.449 e. The molecular weight excluding hydrogens is 240 g/mol. The van der Waals surface area contributed by atoms with E-state index in [1.54, 1.807) is 31.2 Å². The van der Waals surface area contributed by atoms with E-state index in [0.717, 1.165) is 0 Å². The van der Waals surface area contributed by atoms with E-state index in [9.17, 15) is 4.79 Å². The van der Waals surface area contributed by atoms with Gasteiger partial charge in [0.05, 0.1) is 22.8 Å². The molecule has 1 amide bonds. The molecule has 0 unspecified atom stereocenters. The molecule has 0 aliphatic rings. The van der Waals surface area contributed by atoms with Crippen molar-refractivity contribution in [1.29, 1.82) is 0 Å². The van der Waals surface area contributed by atoms with Crippen molar-refractivity contribution >= 4 is 17.5 Å². The molecule has 17 heavy (non-hydrogen) atoms. The number of aryl methyl sites for hydroxylation is 1. The summed E-state index contributed by atoms with van der Waals surface area (Å²) >= 11 is 5.91. The normalized spacial score (nSPS) is 10.2. The zero-order chi connectivity index (χ0) is 12.3. The van der Waals surface area contributed by atoms with Crippen LogP contribution in [0.5, 0.6) is 0 Å². The largest absolute Gasteiger partial charge is 0.449 e. The third kappa shape index (κ3) is 2.85. The van der Waals surface area contributed by atoms with Crippen molar-refractivity contribution in [1.82, 2.24) is 10.3 Å². The molecule has 1 N–H and O–H groups in total. The van der Waals surface area contributed by atoms with Gasteiger partial charge in [-0.1, -0.05) is 23.7 Å². The average Bonchev–Trinajstić information content (AvgIpc) is 2.73. The number of halogens is 1. The number of benzene rings is 1. The number of nitrogens with one attached hydrogen (secondary N) is 1. The minimum absolute atomic E-state index is 0.226. The molecule has 0 saturated carbocycles. The molecule has 2 rings (SSSR count). The number of carbonyl (C=O) groups is 1. The first kappa shape index (κ1) is 11.7. The van der Waals surface area contributed by atoms with E-state index >= 15 is 0 Å². The third-order valence-electron chi connectivity index (χ3n) is 2.22. The number of oxazole rings is 1. The molecule has 0 aliphatic carbocycles. The van der Waals surface area contributed by atoms with Gasteiger partial charge >= 0.3 is 0 Å².